The third kappa shape index (κ3) is 3.44. The molecule has 1 saturated carbocycles. The van der Waals surface area contributed by atoms with Crippen molar-refractivity contribution in [2.45, 2.75) is 50.8 Å². The van der Waals surface area contributed by atoms with E-state index in [1.54, 1.807) is 0 Å². The normalized spacial score (nSPS) is 26.8. The molecule has 3 atom stereocenters. The highest BCUT2D eigenvalue weighted by Gasteiger charge is 2.24. The average molecular weight is 254 g/mol. The molecule has 0 saturated heterocycles. The van der Waals surface area contributed by atoms with Gasteiger partial charge in [-0.1, -0.05) is 36.6 Å². The molecule has 1 aromatic rings. The second-order valence-corrected chi connectivity index (χ2v) is 5.33. The zero-order chi connectivity index (χ0) is 12.3. The highest BCUT2D eigenvalue weighted by molar-refractivity contribution is 6.30. The van der Waals surface area contributed by atoms with Crippen LogP contribution in [0.1, 0.15) is 44.2 Å². The Kier molecular flexibility index (Phi) is 4.43. The number of hydrogen-bond acceptors (Lipinski definition) is 2. The van der Waals surface area contributed by atoms with E-state index in [4.69, 9.17) is 11.6 Å². The molecule has 94 valence electrons. The van der Waals surface area contributed by atoms with Gasteiger partial charge in [-0.3, -0.25) is 0 Å². The Morgan fingerprint density at radius 2 is 1.88 bits per heavy atom. The first-order valence-electron chi connectivity index (χ1n) is 6.36. The van der Waals surface area contributed by atoms with Crippen LogP contribution in [0.5, 0.6) is 0 Å². The van der Waals surface area contributed by atoms with Crippen LogP contribution in [0.4, 0.5) is 0 Å². The molecule has 2 rings (SSSR count). The molecular formula is C14H20ClNO. The maximum Gasteiger partial charge on any atom is 0.0693 e. The fraction of sp³-hybridized carbons (Fsp3) is 0.571. The summed E-state index contributed by atoms with van der Waals surface area (Å²) in [5, 5.41) is 14.2. The quantitative estimate of drug-likeness (QED) is 0.867. The largest absolute Gasteiger partial charge is 0.392 e. The first-order valence-corrected chi connectivity index (χ1v) is 6.74. The van der Waals surface area contributed by atoms with Gasteiger partial charge in [0.1, 0.15) is 0 Å². The molecule has 3 heteroatoms. The SMILES string of the molecule is C[C@@H](N[C@@H]1CCCC[C@H]1O)c1ccc(Cl)cc1. The third-order valence-corrected chi connectivity index (χ3v) is 3.82. The number of nitrogens with one attached hydrogen (secondary N) is 1. The summed E-state index contributed by atoms with van der Waals surface area (Å²) in [6, 6.07) is 8.38. The van der Waals surface area contributed by atoms with E-state index in [1.165, 1.54) is 12.0 Å². The van der Waals surface area contributed by atoms with E-state index >= 15 is 0 Å². The second-order valence-electron chi connectivity index (χ2n) is 4.90. The summed E-state index contributed by atoms with van der Waals surface area (Å²) in [4.78, 5) is 0. The summed E-state index contributed by atoms with van der Waals surface area (Å²) in [6.45, 7) is 2.13. The Balaban J connectivity index is 1.95. The number of hydrogen-bond donors (Lipinski definition) is 2. The van der Waals surface area contributed by atoms with Crippen molar-refractivity contribution in [1.29, 1.82) is 0 Å². The van der Waals surface area contributed by atoms with Crippen molar-refractivity contribution >= 4 is 11.6 Å². The van der Waals surface area contributed by atoms with Gasteiger partial charge in [-0.2, -0.15) is 0 Å². The molecule has 1 fully saturated rings. The molecule has 0 spiro atoms. The molecule has 0 bridgehead atoms. The number of aliphatic hydroxyl groups excluding tert-OH is 1. The summed E-state index contributed by atoms with van der Waals surface area (Å²) in [5.41, 5.74) is 1.21. The van der Waals surface area contributed by atoms with Crippen LogP contribution in [0.25, 0.3) is 0 Å². The van der Waals surface area contributed by atoms with Crippen molar-refractivity contribution in [2.75, 3.05) is 0 Å². The minimum Gasteiger partial charge on any atom is -0.392 e. The van der Waals surface area contributed by atoms with Crippen LogP contribution in [-0.4, -0.2) is 17.3 Å². The van der Waals surface area contributed by atoms with Gasteiger partial charge in [0.15, 0.2) is 0 Å². The highest BCUT2D eigenvalue weighted by atomic mass is 35.5. The maximum absolute atomic E-state index is 9.93. The number of aliphatic hydroxyl groups is 1. The summed E-state index contributed by atoms with van der Waals surface area (Å²) in [7, 11) is 0. The van der Waals surface area contributed by atoms with Gasteiger partial charge in [0.2, 0.25) is 0 Å². The zero-order valence-corrected chi connectivity index (χ0v) is 11.0. The van der Waals surface area contributed by atoms with Crippen molar-refractivity contribution in [2.24, 2.45) is 0 Å². The molecule has 1 aromatic carbocycles. The highest BCUT2D eigenvalue weighted by Crippen LogP contribution is 2.22. The van der Waals surface area contributed by atoms with Crippen molar-refractivity contribution in [3.05, 3.63) is 34.9 Å². The van der Waals surface area contributed by atoms with Crippen LogP contribution >= 0.6 is 11.6 Å². The van der Waals surface area contributed by atoms with E-state index in [2.05, 4.69) is 12.2 Å². The Morgan fingerprint density at radius 3 is 2.53 bits per heavy atom. The molecule has 0 aliphatic heterocycles. The van der Waals surface area contributed by atoms with Crippen LogP contribution in [0, 0.1) is 0 Å². The summed E-state index contributed by atoms with van der Waals surface area (Å²) >= 11 is 5.87. The molecule has 0 radical (unpaired) electrons. The fourth-order valence-electron chi connectivity index (χ4n) is 2.47. The summed E-state index contributed by atoms with van der Waals surface area (Å²) in [6.07, 6.45) is 4.15. The van der Waals surface area contributed by atoms with Crippen LogP contribution < -0.4 is 5.32 Å². The number of rotatable bonds is 3. The minimum atomic E-state index is -0.196. The van der Waals surface area contributed by atoms with E-state index < -0.39 is 0 Å². The topological polar surface area (TPSA) is 32.3 Å². The van der Waals surface area contributed by atoms with Crippen molar-refractivity contribution in [3.8, 4) is 0 Å². The second kappa shape index (κ2) is 5.85. The molecule has 17 heavy (non-hydrogen) atoms. The molecule has 0 unspecified atom stereocenters. The van der Waals surface area contributed by atoms with Crippen molar-refractivity contribution in [1.82, 2.24) is 5.32 Å². The van der Waals surface area contributed by atoms with Crippen LogP contribution in [0.2, 0.25) is 5.02 Å². The maximum atomic E-state index is 9.93. The standard InChI is InChI=1S/C14H20ClNO/c1-10(11-6-8-12(15)9-7-11)16-13-4-2-3-5-14(13)17/h6-10,13-14,16-17H,2-5H2,1H3/t10-,13-,14-/m1/s1. The van der Waals surface area contributed by atoms with Crippen molar-refractivity contribution < 1.29 is 5.11 Å². The van der Waals surface area contributed by atoms with E-state index in [0.717, 1.165) is 24.3 Å². The van der Waals surface area contributed by atoms with Crippen LogP contribution in [0.15, 0.2) is 24.3 Å². The van der Waals surface area contributed by atoms with Gasteiger partial charge in [-0.15, -0.1) is 0 Å². The van der Waals surface area contributed by atoms with Crippen LogP contribution in [-0.2, 0) is 0 Å². The predicted octanol–water partition coefficient (Wildman–Crippen LogP) is 3.29. The Labute approximate surface area is 108 Å². The van der Waals surface area contributed by atoms with Gasteiger partial charge in [0.05, 0.1) is 6.10 Å². The molecule has 0 aromatic heterocycles. The van der Waals surface area contributed by atoms with Crippen LogP contribution in [0.3, 0.4) is 0 Å². The molecular weight excluding hydrogens is 234 g/mol. The Morgan fingerprint density at radius 1 is 1.24 bits per heavy atom. The lowest BCUT2D eigenvalue weighted by Crippen LogP contribution is -2.43. The molecule has 0 amide bonds. The summed E-state index contributed by atoms with van der Waals surface area (Å²) < 4.78 is 0. The Hall–Kier alpha value is -0.570. The number of benzene rings is 1. The van der Waals surface area contributed by atoms with E-state index in [0.29, 0.717) is 0 Å². The Bertz CT molecular complexity index is 352. The minimum absolute atomic E-state index is 0.196. The zero-order valence-electron chi connectivity index (χ0n) is 10.2. The molecule has 2 N–H and O–H groups in total. The van der Waals surface area contributed by atoms with E-state index in [-0.39, 0.29) is 18.2 Å². The monoisotopic (exact) mass is 253 g/mol. The predicted molar refractivity (Wildman–Crippen MR) is 71.3 cm³/mol. The lowest BCUT2D eigenvalue weighted by Gasteiger charge is -2.31. The first-order chi connectivity index (χ1) is 8.16. The molecule has 0 heterocycles. The molecule has 2 nitrogen and oxygen atoms in total. The first kappa shape index (κ1) is 12.9. The smallest absolute Gasteiger partial charge is 0.0693 e. The lowest BCUT2D eigenvalue weighted by atomic mass is 9.91. The van der Waals surface area contributed by atoms with Crippen molar-refractivity contribution in [3.63, 3.8) is 0 Å². The lowest BCUT2D eigenvalue weighted by molar-refractivity contribution is 0.0860. The van der Waals surface area contributed by atoms with Gasteiger partial charge < -0.3 is 10.4 Å². The third-order valence-electron chi connectivity index (χ3n) is 3.56. The van der Waals surface area contributed by atoms with E-state index in [9.17, 15) is 5.11 Å². The molecule has 1 aliphatic rings. The average Bonchev–Trinajstić information content (AvgIpc) is 2.33. The summed E-state index contributed by atoms with van der Waals surface area (Å²) in [5.74, 6) is 0. The van der Waals surface area contributed by atoms with Gasteiger partial charge >= 0.3 is 0 Å². The van der Waals surface area contributed by atoms with Gasteiger partial charge in [0.25, 0.3) is 0 Å². The number of halogens is 1. The molecule has 1 aliphatic carbocycles. The van der Waals surface area contributed by atoms with Gasteiger partial charge in [-0.05, 0) is 37.5 Å². The van der Waals surface area contributed by atoms with E-state index in [1.807, 2.05) is 24.3 Å². The van der Waals surface area contributed by atoms with Gasteiger partial charge in [-0.25, -0.2) is 0 Å². The van der Waals surface area contributed by atoms with Gasteiger partial charge in [0, 0.05) is 17.1 Å². The fourth-order valence-corrected chi connectivity index (χ4v) is 2.60.